The van der Waals surface area contributed by atoms with E-state index in [0.29, 0.717) is 18.8 Å². The molecule has 7 heteroatoms. The Balaban J connectivity index is 1.49. The molecule has 6 nitrogen and oxygen atoms in total. The highest BCUT2D eigenvalue weighted by atomic mass is 19.1. The number of anilines is 1. The van der Waals surface area contributed by atoms with Gasteiger partial charge in [0.25, 0.3) is 0 Å². The van der Waals surface area contributed by atoms with Gasteiger partial charge in [0.15, 0.2) is 5.65 Å². The number of nitrogens with one attached hydrogen (secondary N) is 1. The molecule has 1 atom stereocenters. The molecule has 1 N–H and O–H groups in total. The summed E-state index contributed by atoms with van der Waals surface area (Å²) in [6, 6.07) is 11.4. The summed E-state index contributed by atoms with van der Waals surface area (Å²) in [5, 5.41) is 11.3. The first kappa shape index (κ1) is 15.6. The minimum Gasteiger partial charge on any atom is -0.324 e. The van der Waals surface area contributed by atoms with Crippen LogP contribution >= 0.6 is 0 Å². The lowest BCUT2D eigenvalue weighted by Gasteiger charge is -2.32. The molecule has 0 saturated carbocycles. The Bertz CT molecular complexity index is 892. The number of rotatable bonds is 2. The van der Waals surface area contributed by atoms with Crippen LogP contribution in [-0.4, -0.2) is 38.6 Å². The topological polar surface area (TPSA) is 62.5 Å². The lowest BCUT2D eigenvalue weighted by molar-refractivity contribution is 0.191. The summed E-state index contributed by atoms with van der Waals surface area (Å²) < 4.78 is 15.0. The van der Waals surface area contributed by atoms with Crippen LogP contribution in [0.3, 0.4) is 0 Å². The zero-order valence-electron chi connectivity index (χ0n) is 13.6. The Morgan fingerprint density at radius 3 is 2.84 bits per heavy atom. The molecule has 3 aromatic rings. The molecule has 0 radical (unpaired) electrons. The van der Waals surface area contributed by atoms with Gasteiger partial charge in [-0.25, -0.2) is 9.18 Å². The second-order valence-electron chi connectivity index (χ2n) is 6.21. The summed E-state index contributed by atoms with van der Waals surface area (Å²) in [6.45, 7) is 1.28. The first-order valence-corrected chi connectivity index (χ1v) is 8.32. The van der Waals surface area contributed by atoms with Gasteiger partial charge < -0.3 is 10.2 Å². The van der Waals surface area contributed by atoms with E-state index >= 15 is 0 Å². The number of amides is 2. The van der Waals surface area contributed by atoms with Crippen molar-refractivity contribution < 1.29 is 9.18 Å². The van der Waals surface area contributed by atoms with Crippen LogP contribution in [0.4, 0.5) is 14.9 Å². The van der Waals surface area contributed by atoms with Gasteiger partial charge in [0.2, 0.25) is 0 Å². The molecule has 3 heterocycles. The van der Waals surface area contributed by atoms with Crippen molar-refractivity contribution in [1.29, 1.82) is 0 Å². The van der Waals surface area contributed by atoms with E-state index in [9.17, 15) is 9.18 Å². The Morgan fingerprint density at radius 1 is 1.16 bits per heavy atom. The average molecular weight is 339 g/mol. The number of aromatic nitrogens is 3. The second kappa shape index (κ2) is 6.51. The molecule has 1 saturated heterocycles. The van der Waals surface area contributed by atoms with E-state index in [-0.39, 0.29) is 17.8 Å². The largest absolute Gasteiger partial charge is 0.324 e. The first-order valence-electron chi connectivity index (χ1n) is 8.32. The number of hydrogen-bond acceptors (Lipinski definition) is 3. The first-order chi connectivity index (χ1) is 12.2. The number of piperidine rings is 1. The molecular weight excluding hydrogens is 321 g/mol. The molecule has 1 unspecified atom stereocenters. The number of carbonyl (C=O) groups excluding carboxylic acids is 1. The van der Waals surface area contributed by atoms with Gasteiger partial charge in [-0.05, 0) is 49.2 Å². The van der Waals surface area contributed by atoms with E-state index in [1.54, 1.807) is 17.0 Å². The molecule has 1 aromatic carbocycles. The fourth-order valence-corrected chi connectivity index (χ4v) is 3.25. The van der Waals surface area contributed by atoms with Gasteiger partial charge in [-0.15, -0.1) is 10.2 Å². The normalized spacial score (nSPS) is 17.6. The van der Waals surface area contributed by atoms with Gasteiger partial charge in [-0.1, -0.05) is 6.07 Å². The predicted molar refractivity (Wildman–Crippen MR) is 92.0 cm³/mol. The maximum absolute atomic E-state index is 13.0. The minimum absolute atomic E-state index is 0.144. The van der Waals surface area contributed by atoms with Gasteiger partial charge in [-0.2, -0.15) is 0 Å². The van der Waals surface area contributed by atoms with Crippen LogP contribution in [-0.2, 0) is 0 Å². The van der Waals surface area contributed by atoms with E-state index in [0.717, 1.165) is 24.3 Å². The molecule has 2 aromatic heterocycles. The SMILES string of the molecule is O=C(Nc1ccc(F)cc1)N1CCCC(c2nnc3ccccn23)C1. The number of nitrogens with zero attached hydrogens (tertiary/aromatic N) is 4. The molecule has 1 aliphatic heterocycles. The van der Waals surface area contributed by atoms with Crippen molar-refractivity contribution in [1.82, 2.24) is 19.5 Å². The van der Waals surface area contributed by atoms with Crippen molar-refractivity contribution in [3.8, 4) is 0 Å². The van der Waals surface area contributed by atoms with Crippen LogP contribution in [0.1, 0.15) is 24.6 Å². The molecular formula is C18H18FN5O. The number of benzene rings is 1. The number of halogens is 1. The summed E-state index contributed by atoms with van der Waals surface area (Å²) in [5.74, 6) is 0.703. The summed E-state index contributed by atoms with van der Waals surface area (Å²) in [7, 11) is 0. The number of urea groups is 1. The van der Waals surface area contributed by atoms with Crippen LogP contribution in [0.15, 0.2) is 48.7 Å². The highest BCUT2D eigenvalue weighted by molar-refractivity contribution is 5.89. The Hall–Kier alpha value is -2.96. The Kier molecular flexibility index (Phi) is 4.05. The highest BCUT2D eigenvalue weighted by Gasteiger charge is 2.27. The number of pyridine rings is 1. The summed E-state index contributed by atoms with van der Waals surface area (Å²) >= 11 is 0. The third-order valence-corrected chi connectivity index (χ3v) is 4.51. The third kappa shape index (κ3) is 3.17. The zero-order valence-corrected chi connectivity index (χ0v) is 13.6. The second-order valence-corrected chi connectivity index (χ2v) is 6.21. The van der Waals surface area contributed by atoms with Crippen molar-refractivity contribution in [2.24, 2.45) is 0 Å². The quantitative estimate of drug-likeness (QED) is 0.779. The minimum atomic E-state index is -0.324. The number of likely N-dealkylation sites (tertiary alicyclic amines) is 1. The number of fused-ring (bicyclic) bond motifs is 1. The van der Waals surface area contributed by atoms with Crippen LogP contribution in [0.25, 0.3) is 5.65 Å². The van der Waals surface area contributed by atoms with Crippen molar-refractivity contribution in [2.75, 3.05) is 18.4 Å². The van der Waals surface area contributed by atoms with Crippen LogP contribution < -0.4 is 5.32 Å². The molecule has 2 amide bonds. The maximum atomic E-state index is 13.0. The predicted octanol–water partition coefficient (Wildman–Crippen LogP) is 3.28. The third-order valence-electron chi connectivity index (χ3n) is 4.51. The Labute approximate surface area is 144 Å². The fraction of sp³-hybridized carbons (Fsp3) is 0.278. The fourth-order valence-electron chi connectivity index (χ4n) is 3.25. The molecule has 0 aliphatic carbocycles. The van der Waals surface area contributed by atoms with Crippen LogP contribution in [0.2, 0.25) is 0 Å². The zero-order chi connectivity index (χ0) is 17.2. The van der Waals surface area contributed by atoms with Gasteiger partial charge in [0, 0.05) is 30.9 Å². The highest BCUT2D eigenvalue weighted by Crippen LogP contribution is 2.26. The van der Waals surface area contributed by atoms with Crippen molar-refractivity contribution in [2.45, 2.75) is 18.8 Å². The van der Waals surface area contributed by atoms with Crippen molar-refractivity contribution in [3.05, 3.63) is 60.3 Å². The van der Waals surface area contributed by atoms with Crippen LogP contribution in [0, 0.1) is 5.82 Å². The van der Waals surface area contributed by atoms with Gasteiger partial charge >= 0.3 is 6.03 Å². The van der Waals surface area contributed by atoms with E-state index in [1.807, 2.05) is 28.8 Å². The molecule has 1 aliphatic rings. The standard InChI is InChI=1S/C18H18FN5O/c19-14-6-8-15(9-7-14)20-18(25)23-10-3-4-13(12-23)17-22-21-16-5-1-2-11-24(16)17/h1-2,5-9,11,13H,3-4,10,12H2,(H,20,25). The smallest absolute Gasteiger partial charge is 0.321 e. The van der Waals surface area contributed by atoms with E-state index in [1.165, 1.54) is 12.1 Å². The number of carbonyl (C=O) groups is 1. The monoisotopic (exact) mass is 339 g/mol. The molecule has 0 bridgehead atoms. The average Bonchev–Trinajstić information content (AvgIpc) is 3.08. The van der Waals surface area contributed by atoms with Gasteiger partial charge in [-0.3, -0.25) is 4.40 Å². The van der Waals surface area contributed by atoms with Gasteiger partial charge in [0.1, 0.15) is 11.6 Å². The van der Waals surface area contributed by atoms with Crippen LogP contribution in [0.5, 0.6) is 0 Å². The summed E-state index contributed by atoms with van der Waals surface area (Å²) in [5.41, 5.74) is 1.40. The maximum Gasteiger partial charge on any atom is 0.321 e. The number of hydrogen-bond donors (Lipinski definition) is 1. The van der Waals surface area contributed by atoms with E-state index < -0.39 is 0 Å². The Morgan fingerprint density at radius 2 is 2.00 bits per heavy atom. The van der Waals surface area contributed by atoms with E-state index in [4.69, 9.17) is 0 Å². The molecule has 25 heavy (non-hydrogen) atoms. The van der Waals surface area contributed by atoms with E-state index in [2.05, 4.69) is 15.5 Å². The van der Waals surface area contributed by atoms with Gasteiger partial charge in [0.05, 0.1) is 0 Å². The molecule has 128 valence electrons. The van der Waals surface area contributed by atoms with Crippen molar-refractivity contribution >= 4 is 17.4 Å². The van der Waals surface area contributed by atoms with Crippen molar-refractivity contribution in [3.63, 3.8) is 0 Å². The lowest BCUT2D eigenvalue weighted by Crippen LogP contribution is -2.42. The lowest BCUT2D eigenvalue weighted by atomic mass is 9.97. The molecule has 1 fully saturated rings. The molecule has 0 spiro atoms. The molecule has 4 rings (SSSR count). The summed E-state index contributed by atoms with van der Waals surface area (Å²) in [4.78, 5) is 14.3. The summed E-state index contributed by atoms with van der Waals surface area (Å²) in [6.07, 6.45) is 3.82.